The maximum atomic E-state index is 5.84. The molecule has 0 saturated carbocycles. The number of rotatable bonds is 1. The monoisotopic (exact) mass is 196 g/mol. The van der Waals surface area contributed by atoms with Gasteiger partial charge in [-0.2, -0.15) is 0 Å². The summed E-state index contributed by atoms with van der Waals surface area (Å²) in [6.45, 7) is 0.506. The largest absolute Gasteiger partial charge is 0.463 e. The average Bonchev–Trinajstić information content (AvgIpc) is 2.52. The van der Waals surface area contributed by atoms with Gasteiger partial charge in [-0.05, 0) is 17.7 Å². The topological polar surface area (TPSA) is 47.6 Å². The van der Waals surface area contributed by atoms with Gasteiger partial charge in [-0.25, -0.2) is 4.99 Å². The number of benzene rings is 1. The highest BCUT2D eigenvalue weighted by Crippen LogP contribution is 2.23. The van der Waals surface area contributed by atoms with Crippen LogP contribution >= 0.6 is 11.6 Å². The van der Waals surface area contributed by atoms with Gasteiger partial charge in [0.1, 0.15) is 12.6 Å². The Balaban J connectivity index is 2.26. The first kappa shape index (κ1) is 8.38. The molecule has 68 valence electrons. The van der Waals surface area contributed by atoms with Gasteiger partial charge < -0.3 is 10.5 Å². The van der Waals surface area contributed by atoms with Crippen molar-refractivity contribution in [3.63, 3.8) is 0 Å². The number of hydrogen-bond donors (Lipinski definition) is 1. The lowest BCUT2D eigenvalue weighted by Crippen LogP contribution is -2.10. The highest BCUT2D eigenvalue weighted by Gasteiger charge is 2.18. The zero-order valence-electron chi connectivity index (χ0n) is 6.90. The highest BCUT2D eigenvalue weighted by molar-refractivity contribution is 6.30. The predicted octanol–water partition coefficient (Wildman–Crippen LogP) is 1.73. The number of nitrogens with two attached hydrogens (primary N) is 1. The molecule has 0 radical (unpaired) electrons. The van der Waals surface area contributed by atoms with E-state index in [1.165, 1.54) is 0 Å². The number of halogens is 1. The van der Waals surface area contributed by atoms with Crippen LogP contribution in [0.15, 0.2) is 29.3 Å². The second-order valence-electron chi connectivity index (χ2n) is 2.85. The van der Waals surface area contributed by atoms with E-state index in [2.05, 4.69) is 4.99 Å². The van der Waals surface area contributed by atoms with E-state index in [0.29, 0.717) is 11.6 Å². The lowest BCUT2D eigenvalue weighted by Gasteiger charge is -2.04. The third-order valence-corrected chi connectivity index (χ3v) is 2.14. The fraction of sp³-hybridized carbons (Fsp3) is 0.222. The number of hydrogen-bond acceptors (Lipinski definition) is 3. The van der Waals surface area contributed by atoms with Crippen LogP contribution in [-0.2, 0) is 4.74 Å². The van der Waals surface area contributed by atoms with Gasteiger partial charge in [0, 0.05) is 5.02 Å². The van der Waals surface area contributed by atoms with Crippen LogP contribution in [0.1, 0.15) is 11.6 Å². The summed E-state index contributed by atoms with van der Waals surface area (Å²) in [5.74, 6) is 0. The lowest BCUT2D eigenvalue weighted by atomic mass is 10.1. The number of amidine groups is 1. The highest BCUT2D eigenvalue weighted by atomic mass is 35.5. The van der Waals surface area contributed by atoms with Crippen LogP contribution < -0.4 is 5.73 Å². The van der Waals surface area contributed by atoms with Crippen LogP contribution in [0.3, 0.4) is 0 Å². The molecule has 0 spiro atoms. The van der Waals surface area contributed by atoms with Gasteiger partial charge in [0.15, 0.2) is 0 Å². The van der Waals surface area contributed by atoms with E-state index in [1.807, 2.05) is 24.3 Å². The molecule has 0 aromatic heterocycles. The van der Waals surface area contributed by atoms with Crippen molar-refractivity contribution in [2.75, 3.05) is 6.61 Å². The molecule has 2 N–H and O–H groups in total. The minimum absolute atomic E-state index is 0.00120. The van der Waals surface area contributed by atoms with Crippen LogP contribution in [0.5, 0.6) is 0 Å². The minimum atomic E-state index is -0.00120. The maximum absolute atomic E-state index is 5.84. The Morgan fingerprint density at radius 1 is 1.54 bits per heavy atom. The molecule has 0 saturated heterocycles. The smallest absolute Gasteiger partial charge is 0.282 e. The fourth-order valence-electron chi connectivity index (χ4n) is 1.28. The van der Waals surface area contributed by atoms with Crippen molar-refractivity contribution in [1.82, 2.24) is 0 Å². The van der Waals surface area contributed by atoms with Crippen molar-refractivity contribution in [2.45, 2.75) is 6.04 Å². The average molecular weight is 197 g/mol. The van der Waals surface area contributed by atoms with Crippen LogP contribution in [0.2, 0.25) is 5.02 Å². The molecule has 0 aliphatic carbocycles. The molecule has 1 aliphatic rings. The number of nitrogens with zero attached hydrogens (tertiary/aromatic N) is 1. The molecule has 0 fully saturated rings. The van der Waals surface area contributed by atoms with E-state index in [0.717, 1.165) is 5.56 Å². The summed E-state index contributed by atoms with van der Waals surface area (Å²) in [5, 5.41) is 0.707. The SMILES string of the molecule is NC1=N[C@H](c2cccc(Cl)c2)CO1. The van der Waals surface area contributed by atoms with Crippen molar-refractivity contribution in [3.8, 4) is 0 Å². The van der Waals surface area contributed by atoms with Crippen molar-refractivity contribution >= 4 is 17.6 Å². The van der Waals surface area contributed by atoms with Crippen molar-refractivity contribution in [2.24, 2.45) is 10.7 Å². The van der Waals surface area contributed by atoms with Gasteiger partial charge in [-0.1, -0.05) is 23.7 Å². The van der Waals surface area contributed by atoms with Gasteiger partial charge in [-0.3, -0.25) is 0 Å². The normalized spacial score (nSPS) is 21.0. The first-order valence-electron chi connectivity index (χ1n) is 3.97. The lowest BCUT2D eigenvalue weighted by molar-refractivity contribution is 0.315. The van der Waals surface area contributed by atoms with E-state index in [1.54, 1.807) is 0 Å². The van der Waals surface area contributed by atoms with Crippen LogP contribution in [0.4, 0.5) is 0 Å². The number of ether oxygens (including phenoxy) is 1. The molecule has 2 rings (SSSR count). The Hall–Kier alpha value is -1.22. The molecule has 0 bridgehead atoms. The molecule has 0 amide bonds. The standard InChI is InChI=1S/C9H9ClN2O/c10-7-3-1-2-6(4-7)8-5-13-9(11)12-8/h1-4,8H,5H2,(H2,11,12)/t8-/m0/s1. The summed E-state index contributed by atoms with van der Waals surface area (Å²) >= 11 is 5.84. The van der Waals surface area contributed by atoms with Gasteiger partial charge in [-0.15, -0.1) is 0 Å². The van der Waals surface area contributed by atoms with Gasteiger partial charge in [0.2, 0.25) is 0 Å². The summed E-state index contributed by atoms with van der Waals surface area (Å²) in [6, 6.07) is 7.80. The summed E-state index contributed by atoms with van der Waals surface area (Å²) in [5.41, 5.74) is 6.43. The minimum Gasteiger partial charge on any atom is -0.463 e. The molecule has 3 nitrogen and oxygen atoms in total. The zero-order chi connectivity index (χ0) is 9.26. The van der Waals surface area contributed by atoms with Crippen LogP contribution in [0.25, 0.3) is 0 Å². The van der Waals surface area contributed by atoms with E-state index in [4.69, 9.17) is 22.1 Å². The van der Waals surface area contributed by atoms with Crippen molar-refractivity contribution in [3.05, 3.63) is 34.9 Å². The summed E-state index contributed by atoms with van der Waals surface area (Å²) < 4.78 is 5.04. The molecule has 13 heavy (non-hydrogen) atoms. The number of aliphatic imine (C=N–C) groups is 1. The Morgan fingerprint density at radius 3 is 3.00 bits per heavy atom. The van der Waals surface area contributed by atoms with E-state index >= 15 is 0 Å². The molecular formula is C9H9ClN2O. The van der Waals surface area contributed by atoms with Crippen molar-refractivity contribution in [1.29, 1.82) is 0 Å². The van der Waals surface area contributed by atoms with Crippen LogP contribution in [-0.4, -0.2) is 12.6 Å². The van der Waals surface area contributed by atoms with Gasteiger partial charge >= 0.3 is 0 Å². The Kier molecular flexibility index (Phi) is 2.10. The second-order valence-corrected chi connectivity index (χ2v) is 3.29. The summed E-state index contributed by atoms with van der Waals surface area (Å²) in [6.07, 6.45) is 0. The summed E-state index contributed by atoms with van der Waals surface area (Å²) in [7, 11) is 0. The molecular weight excluding hydrogens is 188 g/mol. The molecule has 1 atom stereocenters. The van der Waals surface area contributed by atoms with E-state index in [9.17, 15) is 0 Å². The molecule has 1 aromatic rings. The van der Waals surface area contributed by atoms with Gasteiger partial charge in [0.05, 0.1) is 0 Å². The molecule has 1 aliphatic heterocycles. The molecule has 1 aromatic carbocycles. The molecule has 1 heterocycles. The molecule has 4 heteroatoms. The zero-order valence-corrected chi connectivity index (χ0v) is 7.66. The van der Waals surface area contributed by atoms with E-state index < -0.39 is 0 Å². The summed E-state index contributed by atoms with van der Waals surface area (Å²) in [4.78, 5) is 4.11. The first-order valence-corrected chi connectivity index (χ1v) is 4.35. The maximum Gasteiger partial charge on any atom is 0.282 e. The Morgan fingerprint density at radius 2 is 2.38 bits per heavy atom. The quantitative estimate of drug-likeness (QED) is 0.744. The predicted molar refractivity (Wildman–Crippen MR) is 51.8 cm³/mol. The first-order chi connectivity index (χ1) is 6.25. The van der Waals surface area contributed by atoms with Gasteiger partial charge in [0.25, 0.3) is 6.02 Å². The van der Waals surface area contributed by atoms with Crippen molar-refractivity contribution < 1.29 is 4.74 Å². The molecule has 0 unspecified atom stereocenters. The Labute approximate surface area is 81.2 Å². The fourth-order valence-corrected chi connectivity index (χ4v) is 1.48. The van der Waals surface area contributed by atoms with Crippen LogP contribution in [0, 0.1) is 0 Å². The Bertz CT molecular complexity index is 351. The van der Waals surface area contributed by atoms with E-state index in [-0.39, 0.29) is 12.1 Å². The third-order valence-electron chi connectivity index (χ3n) is 1.91. The third kappa shape index (κ3) is 1.75. The second kappa shape index (κ2) is 3.26.